The first-order valence-electron chi connectivity index (χ1n) is 8.53. The van der Waals surface area contributed by atoms with Crippen LogP contribution in [0.1, 0.15) is 27.3 Å². The third-order valence-electron chi connectivity index (χ3n) is 4.28. The standard InChI is InChI=1S/C20H17BrN4O4/c1-12-6-7-13(2)24(12)16-5-3-4-15(10-16)20(27)23-22-11-14-8-17(21)19(26)18(9-14)25(28)29/h3-11,26H,1-2H3,(H,23,27)/b22-11+. The number of aromatic hydroxyl groups is 1. The topological polar surface area (TPSA) is 110 Å². The van der Waals surface area contributed by atoms with Gasteiger partial charge in [0.15, 0.2) is 0 Å². The zero-order valence-electron chi connectivity index (χ0n) is 15.6. The van der Waals surface area contributed by atoms with Crippen molar-refractivity contribution in [3.8, 4) is 11.4 Å². The molecule has 0 saturated carbocycles. The number of hydrogen-bond acceptors (Lipinski definition) is 5. The van der Waals surface area contributed by atoms with Crippen molar-refractivity contribution in [3.63, 3.8) is 0 Å². The summed E-state index contributed by atoms with van der Waals surface area (Å²) in [6.45, 7) is 3.97. The van der Waals surface area contributed by atoms with Gasteiger partial charge in [-0.1, -0.05) is 6.07 Å². The fraction of sp³-hybridized carbons (Fsp3) is 0.100. The largest absolute Gasteiger partial charge is 0.501 e. The highest BCUT2D eigenvalue weighted by atomic mass is 79.9. The summed E-state index contributed by atoms with van der Waals surface area (Å²) in [5.41, 5.74) is 5.68. The number of halogens is 1. The molecule has 148 valence electrons. The first-order valence-corrected chi connectivity index (χ1v) is 9.33. The Morgan fingerprint density at radius 2 is 1.90 bits per heavy atom. The van der Waals surface area contributed by atoms with Gasteiger partial charge in [0.25, 0.3) is 5.91 Å². The van der Waals surface area contributed by atoms with Crippen molar-refractivity contribution in [3.05, 3.63) is 85.6 Å². The van der Waals surface area contributed by atoms with Crippen LogP contribution < -0.4 is 5.43 Å². The molecule has 1 aromatic heterocycles. The number of nitro benzene ring substituents is 1. The second-order valence-corrected chi connectivity index (χ2v) is 7.18. The van der Waals surface area contributed by atoms with Gasteiger partial charge in [0.1, 0.15) is 0 Å². The van der Waals surface area contributed by atoms with Crippen molar-refractivity contribution >= 4 is 33.7 Å². The maximum Gasteiger partial charge on any atom is 0.312 e. The van der Waals surface area contributed by atoms with Gasteiger partial charge in [-0.05, 0) is 66.2 Å². The van der Waals surface area contributed by atoms with Crippen molar-refractivity contribution in [2.45, 2.75) is 13.8 Å². The first kappa shape index (κ1) is 20.3. The third-order valence-corrected chi connectivity index (χ3v) is 4.88. The zero-order chi connectivity index (χ0) is 21.1. The van der Waals surface area contributed by atoms with E-state index in [0.717, 1.165) is 23.1 Å². The summed E-state index contributed by atoms with van der Waals surface area (Å²) in [6, 6.07) is 13.7. The number of amides is 1. The van der Waals surface area contributed by atoms with E-state index in [4.69, 9.17) is 0 Å². The van der Waals surface area contributed by atoms with Crippen molar-refractivity contribution in [1.29, 1.82) is 0 Å². The molecule has 2 aromatic carbocycles. The molecule has 29 heavy (non-hydrogen) atoms. The van der Waals surface area contributed by atoms with Crippen LogP contribution in [0.5, 0.6) is 5.75 Å². The molecule has 3 aromatic rings. The van der Waals surface area contributed by atoms with E-state index in [2.05, 4.69) is 26.5 Å². The number of benzene rings is 2. The van der Waals surface area contributed by atoms with Gasteiger partial charge in [0.2, 0.25) is 5.75 Å². The maximum absolute atomic E-state index is 12.4. The van der Waals surface area contributed by atoms with Gasteiger partial charge in [-0.2, -0.15) is 5.10 Å². The van der Waals surface area contributed by atoms with E-state index in [1.807, 2.05) is 36.6 Å². The number of hydrazone groups is 1. The summed E-state index contributed by atoms with van der Waals surface area (Å²) in [6.07, 6.45) is 1.26. The van der Waals surface area contributed by atoms with E-state index in [0.29, 0.717) is 11.1 Å². The Hall–Kier alpha value is -3.46. The van der Waals surface area contributed by atoms with Crippen LogP contribution in [0.15, 0.2) is 58.1 Å². The van der Waals surface area contributed by atoms with Crippen LogP contribution in [-0.2, 0) is 0 Å². The molecule has 0 aliphatic heterocycles. The highest BCUT2D eigenvalue weighted by molar-refractivity contribution is 9.10. The van der Waals surface area contributed by atoms with E-state index in [1.54, 1.807) is 18.2 Å². The van der Waals surface area contributed by atoms with Gasteiger partial charge in [-0.15, -0.1) is 0 Å². The number of nitrogens with one attached hydrogen (secondary N) is 1. The molecule has 0 unspecified atom stereocenters. The zero-order valence-corrected chi connectivity index (χ0v) is 17.2. The van der Waals surface area contributed by atoms with Gasteiger partial charge in [0.05, 0.1) is 15.6 Å². The van der Waals surface area contributed by atoms with Crippen molar-refractivity contribution in [2.75, 3.05) is 0 Å². The highest BCUT2D eigenvalue weighted by Crippen LogP contribution is 2.34. The van der Waals surface area contributed by atoms with Crippen LogP contribution in [0.3, 0.4) is 0 Å². The molecule has 0 radical (unpaired) electrons. The molecule has 0 spiro atoms. The first-order chi connectivity index (χ1) is 13.8. The molecular weight excluding hydrogens is 440 g/mol. The van der Waals surface area contributed by atoms with Crippen LogP contribution in [0.2, 0.25) is 0 Å². The number of nitro groups is 1. The lowest BCUT2D eigenvalue weighted by Gasteiger charge is -2.10. The normalized spacial score (nSPS) is 11.0. The second-order valence-electron chi connectivity index (χ2n) is 6.33. The number of carbonyl (C=O) groups excluding carboxylic acids is 1. The molecule has 2 N–H and O–H groups in total. The third kappa shape index (κ3) is 4.35. The SMILES string of the molecule is Cc1ccc(C)n1-c1cccc(C(=O)N/N=C/c2cc(Br)c(O)c([N+](=O)[O-])c2)c1. The molecule has 0 aliphatic carbocycles. The Kier molecular flexibility index (Phi) is 5.79. The minimum Gasteiger partial charge on any atom is -0.501 e. The van der Waals surface area contributed by atoms with Gasteiger partial charge in [0, 0.05) is 34.3 Å². The number of phenols is 1. The summed E-state index contributed by atoms with van der Waals surface area (Å²) >= 11 is 3.06. The molecular formula is C20H17BrN4O4. The van der Waals surface area contributed by atoms with Crippen LogP contribution in [0.25, 0.3) is 5.69 Å². The smallest absolute Gasteiger partial charge is 0.312 e. The van der Waals surface area contributed by atoms with Gasteiger partial charge < -0.3 is 9.67 Å². The van der Waals surface area contributed by atoms with Gasteiger partial charge >= 0.3 is 5.69 Å². The Morgan fingerprint density at radius 3 is 2.55 bits per heavy atom. The minimum atomic E-state index is -0.702. The number of rotatable bonds is 5. The van der Waals surface area contributed by atoms with E-state index >= 15 is 0 Å². The lowest BCUT2D eigenvalue weighted by atomic mass is 10.2. The van der Waals surface area contributed by atoms with E-state index in [1.165, 1.54) is 12.3 Å². The highest BCUT2D eigenvalue weighted by Gasteiger charge is 2.17. The fourth-order valence-corrected chi connectivity index (χ4v) is 3.38. The van der Waals surface area contributed by atoms with E-state index < -0.39 is 22.3 Å². The number of phenolic OH excluding ortho intramolecular Hbond substituents is 1. The molecule has 9 heteroatoms. The summed E-state index contributed by atoms with van der Waals surface area (Å²) in [7, 11) is 0. The summed E-state index contributed by atoms with van der Waals surface area (Å²) in [4.78, 5) is 22.7. The van der Waals surface area contributed by atoms with E-state index in [9.17, 15) is 20.0 Å². The van der Waals surface area contributed by atoms with E-state index in [-0.39, 0.29) is 4.47 Å². The minimum absolute atomic E-state index is 0.157. The molecule has 1 heterocycles. The average Bonchev–Trinajstić information content (AvgIpc) is 3.02. The van der Waals surface area contributed by atoms with Crippen LogP contribution in [0.4, 0.5) is 5.69 Å². The van der Waals surface area contributed by atoms with Crippen molar-refractivity contribution in [1.82, 2.24) is 9.99 Å². The average molecular weight is 457 g/mol. The summed E-state index contributed by atoms with van der Waals surface area (Å²) < 4.78 is 2.19. The predicted octanol–water partition coefficient (Wildman–Crippen LogP) is 4.23. The maximum atomic E-state index is 12.4. The molecule has 0 saturated heterocycles. The lowest BCUT2D eigenvalue weighted by molar-refractivity contribution is -0.386. The summed E-state index contributed by atoms with van der Waals surface area (Å²) in [5, 5.41) is 24.5. The molecule has 0 atom stereocenters. The number of hydrogen-bond donors (Lipinski definition) is 2. The van der Waals surface area contributed by atoms with Crippen molar-refractivity contribution in [2.24, 2.45) is 5.10 Å². The Morgan fingerprint density at radius 1 is 1.21 bits per heavy atom. The number of carbonyl (C=O) groups is 1. The Balaban J connectivity index is 1.78. The molecule has 8 nitrogen and oxygen atoms in total. The summed E-state index contributed by atoms with van der Waals surface area (Å²) in [5.74, 6) is -0.887. The Labute approximate surface area is 174 Å². The van der Waals surface area contributed by atoms with Gasteiger partial charge in [-0.25, -0.2) is 5.43 Å². The monoisotopic (exact) mass is 456 g/mol. The lowest BCUT2D eigenvalue weighted by Crippen LogP contribution is -2.18. The fourth-order valence-electron chi connectivity index (χ4n) is 2.91. The molecule has 0 bridgehead atoms. The van der Waals surface area contributed by atoms with Crippen LogP contribution >= 0.6 is 15.9 Å². The Bertz CT molecular complexity index is 1120. The van der Waals surface area contributed by atoms with Crippen LogP contribution in [0, 0.1) is 24.0 Å². The molecule has 0 aliphatic rings. The quantitative estimate of drug-likeness (QED) is 0.339. The number of nitrogens with zero attached hydrogens (tertiary/aromatic N) is 3. The number of aromatic nitrogens is 1. The molecule has 1 amide bonds. The van der Waals surface area contributed by atoms with Crippen molar-refractivity contribution < 1.29 is 14.8 Å². The molecule has 3 rings (SSSR count). The predicted molar refractivity (Wildman–Crippen MR) is 113 cm³/mol. The van der Waals surface area contributed by atoms with Gasteiger partial charge in [-0.3, -0.25) is 14.9 Å². The molecule has 0 fully saturated rings. The van der Waals surface area contributed by atoms with Crippen LogP contribution in [-0.4, -0.2) is 26.7 Å². The second kappa shape index (κ2) is 8.27. The number of aryl methyl sites for hydroxylation is 2.